The van der Waals surface area contributed by atoms with Crippen LogP contribution >= 0.6 is 11.3 Å². The minimum Gasteiger partial charge on any atom is -0.352 e. The van der Waals surface area contributed by atoms with Crippen molar-refractivity contribution in [2.75, 3.05) is 36.4 Å². The quantitative estimate of drug-likeness (QED) is 0.386. The van der Waals surface area contributed by atoms with Crippen LogP contribution in [0.3, 0.4) is 0 Å². The number of hydrogen-bond acceptors (Lipinski definition) is 5. The van der Waals surface area contributed by atoms with E-state index in [2.05, 4.69) is 34.5 Å². The molecule has 1 saturated heterocycles. The number of thiophene rings is 1. The molecule has 1 N–H and O–H groups in total. The minimum absolute atomic E-state index is 0.0329. The number of carbonyl (C=O) groups is 1. The van der Waals surface area contributed by atoms with Crippen molar-refractivity contribution < 1.29 is 4.79 Å². The lowest BCUT2D eigenvalue weighted by molar-refractivity contribution is 0.208. The molecule has 3 heterocycles. The van der Waals surface area contributed by atoms with Crippen molar-refractivity contribution in [3.05, 3.63) is 82.0 Å². The van der Waals surface area contributed by atoms with Crippen molar-refractivity contribution in [2.45, 2.75) is 39.0 Å². The number of hydrogen-bond donors (Lipinski definition) is 1. The molecule has 0 saturated carbocycles. The normalized spacial score (nSPS) is 15.7. The SMILES string of the molecule is Cc1ccccc1NC(=O)N1CCN(c2nc(Cc3ccccc3)nc3sc4c(c23)CCCC4)CC1. The van der Waals surface area contributed by atoms with Gasteiger partial charge in [-0.3, -0.25) is 0 Å². The van der Waals surface area contributed by atoms with Crippen molar-refractivity contribution in [1.29, 1.82) is 0 Å². The zero-order valence-electron chi connectivity index (χ0n) is 20.7. The third-order valence-corrected chi connectivity index (χ3v) is 8.49. The maximum absolute atomic E-state index is 13.0. The van der Waals surface area contributed by atoms with Gasteiger partial charge in [0.25, 0.3) is 0 Å². The number of nitrogens with zero attached hydrogens (tertiary/aromatic N) is 4. The van der Waals surface area contributed by atoms with E-state index in [4.69, 9.17) is 9.97 Å². The molecule has 1 aliphatic carbocycles. The summed E-state index contributed by atoms with van der Waals surface area (Å²) < 4.78 is 0. The summed E-state index contributed by atoms with van der Waals surface area (Å²) in [5, 5.41) is 4.34. The summed E-state index contributed by atoms with van der Waals surface area (Å²) >= 11 is 1.86. The number of amides is 2. The molecule has 184 valence electrons. The first-order valence-corrected chi connectivity index (χ1v) is 13.7. The van der Waals surface area contributed by atoms with Gasteiger partial charge in [0.1, 0.15) is 16.5 Å². The summed E-state index contributed by atoms with van der Waals surface area (Å²) in [4.78, 5) is 30.0. The van der Waals surface area contributed by atoms with Gasteiger partial charge >= 0.3 is 6.03 Å². The largest absolute Gasteiger partial charge is 0.352 e. The number of carbonyl (C=O) groups excluding carboxylic acids is 1. The van der Waals surface area contributed by atoms with E-state index >= 15 is 0 Å². The highest BCUT2D eigenvalue weighted by Crippen LogP contribution is 2.40. The molecule has 2 aromatic heterocycles. The Kier molecular flexibility index (Phi) is 6.32. The summed E-state index contributed by atoms with van der Waals surface area (Å²) in [6, 6.07) is 18.3. The van der Waals surface area contributed by atoms with Crippen LogP contribution in [0.2, 0.25) is 0 Å². The standard InChI is InChI=1S/C29H31N5OS/c1-20-9-5-7-13-23(20)30-29(35)34-17-15-33(16-18-34)27-26-22-12-6-8-14-24(22)36-28(26)32-25(31-27)19-21-10-3-2-4-11-21/h2-5,7,9-11,13H,6,8,12,14-19H2,1H3,(H,30,35). The van der Waals surface area contributed by atoms with Gasteiger partial charge in [-0.15, -0.1) is 11.3 Å². The predicted octanol–water partition coefficient (Wildman–Crippen LogP) is 5.82. The number of nitrogens with one attached hydrogen (secondary N) is 1. The van der Waals surface area contributed by atoms with Crippen LogP contribution in [0.4, 0.5) is 16.3 Å². The number of urea groups is 1. The van der Waals surface area contributed by atoms with E-state index < -0.39 is 0 Å². The number of benzene rings is 2. The number of fused-ring (bicyclic) bond motifs is 3. The Bertz CT molecular complexity index is 1390. The van der Waals surface area contributed by atoms with Gasteiger partial charge in [0, 0.05) is 43.2 Å². The fraction of sp³-hybridized carbons (Fsp3) is 0.345. The third kappa shape index (κ3) is 4.55. The van der Waals surface area contributed by atoms with E-state index in [-0.39, 0.29) is 6.03 Å². The maximum Gasteiger partial charge on any atom is 0.321 e. The number of aryl methyl sites for hydroxylation is 3. The van der Waals surface area contributed by atoms with Crippen LogP contribution in [-0.4, -0.2) is 47.1 Å². The number of piperazine rings is 1. The average molecular weight is 498 g/mol. The lowest BCUT2D eigenvalue weighted by atomic mass is 9.96. The van der Waals surface area contributed by atoms with Crippen molar-refractivity contribution in [3.8, 4) is 0 Å². The van der Waals surface area contributed by atoms with Gasteiger partial charge in [-0.1, -0.05) is 48.5 Å². The van der Waals surface area contributed by atoms with Crippen molar-refractivity contribution >= 4 is 39.1 Å². The van der Waals surface area contributed by atoms with Gasteiger partial charge in [0.2, 0.25) is 0 Å². The van der Waals surface area contributed by atoms with E-state index in [1.54, 1.807) is 0 Å². The summed E-state index contributed by atoms with van der Waals surface area (Å²) in [7, 11) is 0. The molecule has 1 aliphatic heterocycles. The highest BCUT2D eigenvalue weighted by atomic mass is 32.1. The fourth-order valence-corrected chi connectivity index (χ4v) is 6.57. The lowest BCUT2D eigenvalue weighted by Crippen LogP contribution is -2.50. The second-order valence-electron chi connectivity index (χ2n) is 9.74. The van der Waals surface area contributed by atoms with E-state index in [1.807, 2.05) is 53.5 Å². The lowest BCUT2D eigenvalue weighted by Gasteiger charge is -2.36. The number of rotatable bonds is 4. The first kappa shape index (κ1) is 23.0. The number of aromatic nitrogens is 2. The van der Waals surface area contributed by atoms with Crippen molar-refractivity contribution in [3.63, 3.8) is 0 Å². The first-order chi connectivity index (χ1) is 17.7. The van der Waals surface area contributed by atoms with Crippen LogP contribution < -0.4 is 10.2 Å². The summed E-state index contributed by atoms with van der Waals surface area (Å²) in [6.45, 7) is 4.89. The molecule has 1 fully saturated rings. The molecule has 7 heteroatoms. The highest BCUT2D eigenvalue weighted by Gasteiger charge is 2.27. The van der Waals surface area contributed by atoms with Crippen LogP contribution in [-0.2, 0) is 19.3 Å². The number of anilines is 2. The third-order valence-electron chi connectivity index (χ3n) is 7.30. The molecule has 36 heavy (non-hydrogen) atoms. The molecule has 6 nitrogen and oxygen atoms in total. The van der Waals surface area contributed by atoms with E-state index in [0.717, 1.165) is 60.1 Å². The molecular formula is C29H31N5OS. The van der Waals surface area contributed by atoms with Gasteiger partial charge in [-0.2, -0.15) is 0 Å². The first-order valence-electron chi connectivity index (χ1n) is 12.9. The highest BCUT2D eigenvalue weighted by molar-refractivity contribution is 7.19. The summed E-state index contributed by atoms with van der Waals surface area (Å²) in [5.74, 6) is 1.94. The molecule has 2 amide bonds. The van der Waals surface area contributed by atoms with Crippen LogP contribution in [0.25, 0.3) is 10.2 Å². The Balaban J connectivity index is 1.26. The van der Waals surface area contributed by atoms with E-state index in [0.29, 0.717) is 13.1 Å². The second kappa shape index (κ2) is 9.90. The van der Waals surface area contributed by atoms with Gasteiger partial charge in [-0.05, 0) is 55.4 Å². The Hall–Kier alpha value is -3.45. The number of para-hydroxylation sites is 1. The fourth-order valence-electron chi connectivity index (χ4n) is 5.30. The Labute approximate surface area is 216 Å². The van der Waals surface area contributed by atoms with E-state index in [9.17, 15) is 4.79 Å². The van der Waals surface area contributed by atoms with Crippen LogP contribution in [0, 0.1) is 6.92 Å². The van der Waals surface area contributed by atoms with E-state index in [1.165, 1.54) is 34.2 Å². The predicted molar refractivity (Wildman–Crippen MR) is 147 cm³/mol. The summed E-state index contributed by atoms with van der Waals surface area (Å²) in [6.07, 6.45) is 5.48. The molecular weight excluding hydrogens is 466 g/mol. The molecule has 0 atom stereocenters. The zero-order chi connectivity index (χ0) is 24.5. The minimum atomic E-state index is -0.0329. The zero-order valence-corrected chi connectivity index (χ0v) is 21.5. The van der Waals surface area contributed by atoms with Crippen molar-refractivity contribution in [2.24, 2.45) is 0 Å². The maximum atomic E-state index is 13.0. The molecule has 0 unspecified atom stereocenters. The van der Waals surface area contributed by atoms with Gasteiger partial charge in [0.05, 0.1) is 5.39 Å². The monoisotopic (exact) mass is 497 g/mol. The van der Waals surface area contributed by atoms with Crippen molar-refractivity contribution in [1.82, 2.24) is 14.9 Å². The average Bonchev–Trinajstić information content (AvgIpc) is 3.29. The molecule has 4 aromatic rings. The molecule has 0 bridgehead atoms. The van der Waals surface area contributed by atoms with Gasteiger partial charge in [-0.25, -0.2) is 14.8 Å². The Morgan fingerprint density at radius 2 is 1.69 bits per heavy atom. The molecule has 2 aliphatic rings. The second-order valence-corrected chi connectivity index (χ2v) is 10.8. The van der Waals surface area contributed by atoms with Crippen LogP contribution in [0.5, 0.6) is 0 Å². The van der Waals surface area contributed by atoms with Gasteiger partial charge in [0.15, 0.2) is 0 Å². The molecule has 2 aromatic carbocycles. The van der Waals surface area contributed by atoms with Gasteiger partial charge < -0.3 is 15.1 Å². The Morgan fingerprint density at radius 3 is 2.50 bits per heavy atom. The molecule has 6 rings (SSSR count). The topological polar surface area (TPSA) is 61.4 Å². The molecule has 0 radical (unpaired) electrons. The van der Waals surface area contributed by atoms with Crippen LogP contribution in [0.15, 0.2) is 54.6 Å². The summed E-state index contributed by atoms with van der Waals surface area (Å²) in [5.41, 5.74) is 4.63. The Morgan fingerprint density at radius 1 is 0.944 bits per heavy atom. The smallest absolute Gasteiger partial charge is 0.321 e. The van der Waals surface area contributed by atoms with Crippen LogP contribution in [0.1, 0.15) is 40.2 Å². The molecule has 0 spiro atoms.